The van der Waals surface area contributed by atoms with E-state index in [2.05, 4.69) is 20.5 Å². The van der Waals surface area contributed by atoms with Gasteiger partial charge in [-0.1, -0.05) is 55.8 Å². The van der Waals surface area contributed by atoms with Crippen LogP contribution in [0.3, 0.4) is 0 Å². The molecule has 3 heterocycles. The number of anilines is 2. The number of halogens is 1. The highest BCUT2D eigenvalue weighted by Crippen LogP contribution is 2.29. The monoisotopic (exact) mass is 539 g/mol. The first-order valence-corrected chi connectivity index (χ1v) is 14.7. The van der Waals surface area contributed by atoms with Gasteiger partial charge < -0.3 is 15.5 Å². The predicted molar refractivity (Wildman–Crippen MR) is 151 cm³/mol. The first kappa shape index (κ1) is 25.9. The number of amides is 1. The van der Waals surface area contributed by atoms with Crippen molar-refractivity contribution in [2.24, 2.45) is 5.92 Å². The van der Waals surface area contributed by atoms with Gasteiger partial charge in [0.1, 0.15) is 24.0 Å². The summed E-state index contributed by atoms with van der Waals surface area (Å²) in [6, 6.07) is 9.10. The average Bonchev–Trinajstić information content (AvgIpc) is 3.49. The molecule has 1 amide bonds. The first-order valence-electron chi connectivity index (χ1n) is 13.1. The van der Waals surface area contributed by atoms with Crippen LogP contribution in [0.1, 0.15) is 44.1 Å². The molecule has 196 valence electrons. The molecule has 1 aliphatic carbocycles. The maximum Gasteiger partial charge on any atom is 0.242 e. The van der Waals surface area contributed by atoms with Crippen molar-refractivity contribution in [3.63, 3.8) is 0 Å². The highest BCUT2D eigenvalue weighted by atomic mass is 35.5. The van der Waals surface area contributed by atoms with Gasteiger partial charge in [0, 0.05) is 54.6 Å². The van der Waals surface area contributed by atoms with E-state index in [0.29, 0.717) is 29.3 Å². The Hall–Kier alpha value is -2.78. The van der Waals surface area contributed by atoms with E-state index >= 15 is 0 Å². The molecule has 8 nitrogen and oxygen atoms in total. The minimum absolute atomic E-state index is 0.0146. The van der Waals surface area contributed by atoms with Gasteiger partial charge in [0.15, 0.2) is 0 Å². The molecule has 2 fully saturated rings. The zero-order chi connectivity index (χ0) is 25.5. The number of aromatic nitrogens is 4. The summed E-state index contributed by atoms with van der Waals surface area (Å²) in [5.41, 5.74) is 1.02. The largest absolute Gasteiger partial charge is 0.358 e. The fourth-order valence-corrected chi connectivity index (χ4v) is 6.04. The van der Waals surface area contributed by atoms with Crippen LogP contribution in [-0.2, 0) is 11.3 Å². The fraction of sp³-hybridized carbons (Fsp3) is 0.481. The molecule has 1 saturated carbocycles. The number of thioether (sulfide) groups is 1. The highest BCUT2D eigenvalue weighted by Gasteiger charge is 2.26. The minimum atomic E-state index is -0.384. The molecule has 37 heavy (non-hydrogen) atoms. The molecule has 0 bridgehead atoms. The van der Waals surface area contributed by atoms with Gasteiger partial charge in [-0.05, 0) is 30.0 Å². The number of hydrogen-bond donors (Lipinski definition) is 2. The van der Waals surface area contributed by atoms with Crippen molar-refractivity contribution in [1.29, 1.82) is 0 Å². The summed E-state index contributed by atoms with van der Waals surface area (Å²) in [7, 11) is 0. The molecule has 0 spiro atoms. The molecule has 0 radical (unpaired) electrons. The molecule has 1 saturated heterocycles. The lowest BCUT2D eigenvalue weighted by atomic mass is 9.84. The second kappa shape index (κ2) is 12.6. The summed E-state index contributed by atoms with van der Waals surface area (Å²) < 4.78 is 1.88. The number of nitrogens with zero attached hydrogens (tertiary/aromatic N) is 5. The van der Waals surface area contributed by atoms with Crippen LogP contribution in [0.5, 0.6) is 0 Å². The van der Waals surface area contributed by atoms with E-state index in [0.717, 1.165) is 42.4 Å². The van der Waals surface area contributed by atoms with Crippen LogP contribution in [0.25, 0.3) is 5.82 Å². The number of carbonyl (C=O) groups is 1. The van der Waals surface area contributed by atoms with Crippen LogP contribution in [0.4, 0.5) is 11.8 Å². The summed E-state index contributed by atoms with van der Waals surface area (Å²) in [6.07, 6.45) is 12.2. The van der Waals surface area contributed by atoms with Crippen molar-refractivity contribution in [1.82, 2.24) is 24.8 Å². The Morgan fingerprint density at radius 1 is 1.11 bits per heavy atom. The molecule has 1 aromatic carbocycles. The Kier molecular flexibility index (Phi) is 8.84. The van der Waals surface area contributed by atoms with E-state index in [4.69, 9.17) is 21.6 Å². The Morgan fingerprint density at radius 3 is 2.62 bits per heavy atom. The molecule has 1 atom stereocenters. The third-order valence-electron chi connectivity index (χ3n) is 7.08. The molecule has 2 aromatic heterocycles. The van der Waals surface area contributed by atoms with Gasteiger partial charge in [0.2, 0.25) is 11.9 Å². The van der Waals surface area contributed by atoms with Gasteiger partial charge in [-0.2, -0.15) is 21.7 Å². The standard InChI is InChI=1S/C27H34ClN7OS/c28-22-8-6-21(7-9-22)18-30-26(36)23(16-20-4-2-1-3-5-20)31-24-17-25(35-11-10-29-19-35)33-27(32-24)34-12-14-37-15-13-34/h6-11,17,19-20,23H,1-5,12-16,18H2,(H,30,36)(H,31,32,33). The van der Waals surface area contributed by atoms with Crippen LogP contribution < -0.4 is 15.5 Å². The quantitative estimate of drug-likeness (QED) is 0.398. The normalized spacial score (nSPS) is 17.4. The zero-order valence-electron chi connectivity index (χ0n) is 21.0. The second-order valence-electron chi connectivity index (χ2n) is 9.76. The smallest absolute Gasteiger partial charge is 0.242 e. The van der Waals surface area contributed by atoms with E-state index in [1.807, 2.05) is 52.9 Å². The Labute approximate surface area is 227 Å². The summed E-state index contributed by atoms with van der Waals surface area (Å²) >= 11 is 7.97. The topological polar surface area (TPSA) is 88.0 Å². The molecule has 10 heteroatoms. The average molecular weight is 540 g/mol. The summed E-state index contributed by atoms with van der Waals surface area (Å²) in [4.78, 5) is 29.6. The number of imidazole rings is 1. The van der Waals surface area contributed by atoms with Gasteiger partial charge in [-0.25, -0.2) is 4.98 Å². The van der Waals surface area contributed by atoms with Crippen molar-refractivity contribution in [3.8, 4) is 5.82 Å². The lowest BCUT2D eigenvalue weighted by Crippen LogP contribution is -2.41. The number of rotatable bonds is 9. The predicted octanol–water partition coefficient (Wildman–Crippen LogP) is 4.94. The highest BCUT2D eigenvalue weighted by molar-refractivity contribution is 7.99. The van der Waals surface area contributed by atoms with Crippen LogP contribution in [0.15, 0.2) is 49.1 Å². The van der Waals surface area contributed by atoms with Gasteiger partial charge in [0.05, 0.1) is 0 Å². The van der Waals surface area contributed by atoms with Crippen molar-refractivity contribution < 1.29 is 4.79 Å². The third kappa shape index (κ3) is 7.17. The van der Waals surface area contributed by atoms with Crippen LogP contribution in [0, 0.1) is 5.92 Å². The number of hydrogen-bond acceptors (Lipinski definition) is 7. The van der Waals surface area contributed by atoms with E-state index < -0.39 is 0 Å². The van der Waals surface area contributed by atoms with Crippen molar-refractivity contribution in [2.45, 2.75) is 51.1 Å². The number of nitrogens with one attached hydrogen (secondary N) is 2. The van der Waals surface area contributed by atoms with Crippen LogP contribution in [0.2, 0.25) is 5.02 Å². The minimum Gasteiger partial charge on any atom is -0.358 e. The van der Waals surface area contributed by atoms with E-state index in [1.54, 1.807) is 12.5 Å². The summed E-state index contributed by atoms with van der Waals surface area (Å²) in [5, 5.41) is 7.32. The summed E-state index contributed by atoms with van der Waals surface area (Å²) in [5.74, 6) is 4.71. The molecule has 1 aliphatic heterocycles. The maximum absolute atomic E-state index is 13.5. The van der Waals surface area contributed by atoms with Crippen molar-refractivity contribution in [2.75, 3.05) is 34.8 Å². The molecule has 2 N–H and O–H groups in total. The third-order valence-corrected chi connectivity index (χ3v) is 8.27. The Bertz CT molecular complexity index is 1150. The van der Waals surface area contributed by atoms with E-state index in [9.17, 15) is 4.79 Å². The molecular formula is C27H34ClN7OS. The van der Waals surface area contributed by atoms with Crippen LogP contribution in [-0.4, -0.2) is 56.1 Å². The van der Waals surface area contributed by atoms with Crippen LogP contribution >= 0.6 is 23.4 Å². The summed E-state index contributed by atoms with van der Waals surface area (Å²) in [6.45, 7) is 2.27. The van der Waals surface area contributed by atoms with E-state index in [1.165, 1.54) is 32.1 Å². The van der Waals surface area contributed by atoms with Gasteiger partial charge in [0.25, 0.3) is 0 Å². The SMILES string of the molecule is O=C(NCc1ccc(Cl)cc1)C(CC1CCCCC1)Nc1cc(-n2ccnc2)nc(N2CCSCC2)n1. The lowest BCUT2D eigenvalue weighted by molar-refractivity contribution is -0.122. The maximum atomic E-state index is 13.5. The fourth-order valence-electron chi connectivity index (χ4n) is 5.01. The van der Waals surface area contributed by atoms with Crippen molar-refractivity contribution in [3.05, 3.63) is 59.6 Å². The van der Waals surface area contributed by atoms with Gasteiger partial charge in [-0.15, -0.1) is 0 Å². The first-order chi connectivity index (χ1) is 18.1. The molecule has 3 aromatic rings. The lowest BCUT2D eigenvalue weighted by Gasteiger charge is -2.29. The molecular weight excluding hydrogens is 506 g/mol. The number of carbonyl (C=O) groups excluding carboxylic acids is 1. The Balaban J connectivity index is 1.37. The van der Waals surface area contributed by atoms with Gasteiger partial charge >= 0.3 is 0 Å². The molecule has 1 unspecified atom stereocenters. The second-order valence-corrected chi connectivity index (χ2v) is 11.4. The zero-order valence-corrected chi connectivity index (χ0v) is 22.6. The molecule has 2 aliphatic rings. The van der Waals surface area contributed by atoms with E-state index in [-0.39, 0.29) is 11.9 Å². The van der Waals surface area contributed by atoms with Gasteiger partial charge in [-0.3, -0.25) is 9.36 Å². The van der Waals surface area contributed by atoms with Crippen molar-refractivity contribution >= 4 is 41.0 Å². The molecule has 5 rings (SSSR count). The Morgan fingerprint density at radius 2 is 1.89 bits per heavy atom. The number of benzene rings is 1.